The summed E-state index contributed by atoms with van der Waals surface area (Å²) in [6.07, 6.45) is 2.26. The van der Waals surface area contributed by atoms with Gasteiger partial charge in [-0.2, -0.15) is 0 Å². The third-order valence-electron chi connectivity index (χ3n) is 4.05. The second kappa shape index (κ2) is 11.7. The first-order valence-electron chi connectivity index (χ1n) is 9.06. The van der Waals surface area contributed by atoms with Crippen molar-refractivity contribution < 1.29 is 29.4 Å². The van der Waals surface area contributed by atoms with Crippen molar-refractivity contribution in [2.24, 2.45) is 0 Å². The maximum Gasteiger partial charge on any atom is 0.414 e. The molecule has 0 fully saturated rings. The van der Waals surface area contributed by atoms with Crippen molar-refractivity contribution in [3.63, 3.8) is 0 Å². The first-order valence-corrected chi connectivity index (χ1v) is 9.86. The van der Waals surface area contributed by atoms with Crippen LogP contribution in [-0.4, -0.2) is 28.2 Å². The number of aromatic hydroxyl groups is 1. The van der Waals surface area contributed by atoms with E-state index >= 15 is 0 Å². The number of allylic oxidation sites excluding steroid dienone is 1. The molecule has 0 heterocycles. The Morgan fingerprint density at radius 3 is 2.57 bits per heavy atom. The second-order valence-electron chi connectivity index (χ2n) is 6.23. The average molecular weight is 477 g/mol. The largest absolute Gasteiger partial charge is 0.508 e. The zero-order valence-corrected chi connectivity index (χ0v) is 17.5. The Bertz CT molecular complexity index is 917. The monoisotopic (exact) mass is 476 g/mol. The minimum Gasteiger partial charge on any atom is -0.508 e. The maximum atomic E-state index is 12.3. The van der Waals surface area contributed by atoms with Crippen LogP contribution in [0.1, 0.15) is 41.3 Å². The number of hydrogen-bond acceptors (Lipinski definition) is 6. The number of halogens is 1. The fourth-order valence-corrected chi connectivity index (χ4v) is 3.00. The van der Waals surface area contributed by atoms with Crippen molar-refractivity contribution in [1.82, 2.24) is 10.8 Å². The number of benzene rings is 2. The third kappa shape index (κ3) is 7.34. The van der Waals surface area contributed by atoms with Crippen molar-refractivity contribution in [3.8, 4) is 5.75 Å². The van der Waals surface area contributed by atoms with Crippen LogP contribution in [0.5, 0.6) is 5.75 Å². The van der Waals surface area contributed by atoms with Gasteiger partial charge in [0.2, 0.25) is 0 Å². The molecule has 1 atom stereocenters. The lowest BCUT2D eigenvalue weighted by atomic mass is 10.0. The summed E-state index contributed by atoms with van der Waals surface area (Å²) in [6.45, 7) is 0. The van der Waals surface area contributed by atoms with E-state index in [4.69, 9.17) is 9.94 Å². The number of phenolic OH excluding ortho intramolecular Hbond substituents is 1. The van der Waals surface area contributed by atoms with Crippen LogP contribution < -0.4 is 10.8 Å². The Labute approximate surface area is 181 Å². The van der Waals surface area contributed by atoms with Gasteiger partial charge >= 0.3 is 6.09 Å². The summed E-state index contributed by atoms with van der Waals surface area (Å²) in [7, 11) is 0. The zero-order valence-electron chi connectivity index (χ0n) is 15.9. The molecule has 0 radical (unpaired) electrons. The van der Waals surface area contributed by atoms with E-state index < -0.39 is 24.0 Å². The minimum atomic E-state index is -0.941. The first-order chi connectivity index (χ1) is 14.4. The summed E-state index contributed by atoms with van der Waals surface area (Å²) in [5.41, 5.74) is 2.18. The highest BCUT2D eigenvalue weighted by Gasteiger charge is 2.21. The Morgan fingerprint density at radius 1 is 1.13 bits per heavy atom. The molecule has 0 aliphatic carbocycles. The van der Waals surface area contributed by atoms with E-state index in [1.54, 1.807) is 48.5 Å². The molecule has 9 heteroatoms. The number of nitrogens with one attached hydrogen (secondary N) is 2. The molecule has 158 valence electrons. The molecule has 0 bridgehead atoms. The van der Waals surface area contributed by atoms with Gasteiger partial charge in [0.25, 0.3) is 11.8 Å². The van der Waals surface area contributed by atoms with Crippen LogP contribution in [-0.2, 0) is 9.53 Å². The Morgan fingerprint density at radius 2 is 1.87 bits per heavy atom. The number of ether oxygens (including phenoxy) is 1. The fourth-order valence-electron chi connectivity index (χ4n) is 2.62. The van der Waals surface area contributed by atoms with E-state index in [-0.39, 0.29) is 5.75 Å². The predicted octanol–water partition coefficient (Wildman–Crippen LogP) is 3.99. The number of hydroxylamine groups is 1. The Balaban J connectivity index is 2.06. The number of unbranched alkanes of at least 4 members (excludes halogenated alkanes) is 1. The number of alkyl carbamates (subject to hydrolysis) is 1. The van der Waals surface area contributed by atoms with E-state index in [0.29, 0.717) is 34.9 Å². The molecular formula is C21H21BrN2O6. The molecule has 0 aromatic heterocycles. The van der Waals surface area contributed by atoms with Gasteiger partial charge in [0.05, 0.1) is 0 Å². The molecule has 30 heavy (non-hydrogen) atoms. The summed E-state index contributed by atoms with van der Waals surface area (Å²) in [5, 5.41) is 20.8. The van der Waals surface area contributed by atoms with Gasteiger partial charge in [-0.1, -0.05) is 40.2 Å². The fraction of sp³-hybridized carbons (Fsp3) is 0.190. The minimum absolute atomic E-state index is 0.0550. The van der Waals surface area contributed by atoms with Gasteiger partial charge in [-0.25, -0.2) is 10.3 Å². The Hall–Kier alpha value is -3.17. The van der Waals surface area contributed by atoms with Gasteiger partial charge < -0.3 is 9.84 Å². The summed E-state index contributed by atoms with van der Waals surface area (Å²) in [6, 6.07) is 13.0. The normalized spacial score (nSPS) is 11.7. The molecule has 0 saturated heterocycles. The second-order valence-corrected chi connectivity index (χ2v) is 7.14. The molecule has 0 aliphatic heterocycles. The highest BCUT2D eigenvalue weighted by Crippen LogP contribution is 2.33. The lowest BCUT2D eigenvalue weighted by molar-refractivity contribution is -0.124. The molecule has 8 nitrogen and oxygen atoms in total. The van der Waals surface area contributed by atoms with Crippen LogP contribution in [0.15, 0.2) is 65.2 Å². The molecule has 2 rings (SSSR count). The van der Waals surface area contributed by atoms with Crippen molar-refractivity contribution >= 4 is 33.8 Å². The number of imide groups is 1. The van der Waals surface area contributed by atoms with Gasteiger partial charge in [-0.15, -0.1) is 0 Å². The van der Waals surface area contributed by atoms with Crippen LogP contribution in [0, 0.1) is 0 Å². The van der Waals surface area contributed by atoms with Crippen molar-refractivity contribution in [2.75, 3.05) is 0 Å². The smallest absolute Gasteiger partial charge is 0.414 e. The third-order valence-corrected chi connectivity index (χ3v) is 4.55. The molecule has 3 amide bonds. The molecule has 0 unspecified atom stereocenters. The number of carbonyl (C=O) groups is 3. The first kappa shape index (κ1) is 23.1. The molecule has 2 aromatic rings. The molecule has 0 aliphatic rings. The summed E-state index contributed by atoms with van der Waals surface area (Å²) in [4.78, 5) is 35.4. The van der Waals surface area contributed by atoms with Crippen LogP contribution in [0.4, 0.5) is 4.79 Å². The number of hydrogen-bond donors (Lipinski definition) is 4. The van der Waals surface area contributed by atoms with Crippen molar-refractivity contribution in [2.45, 2.75) is 25.4 Å². The van der Waals surface area contributed by atoms with Gasteiger partial charge in [-0.05, 0) is 49.6 Å². The number of rotatable bonds is 8. The standard InChI is InChI=1S/C21H21BrN2O6/c22-15-11-12-17(25)16(13-15)18(9-5-2-6-10-19(26)24-29)30-21(28)23-20(27)14-7-3-1-4-8-14/h1,3-4,6-8,10-13,18,25,29H,2,5,9H2,(H,24,26)(H,23,27,28)/b10-6+/t18-/m1/s1. The summed E-state index contributed by atoms with van der Waals surface area (Å²) >= 11 is 3.32. The molecular weight excluding hydrogens is 456 g/mol. The van der Waals surface area contributed by atoms with Crippen LogP contribution in [0.2, 0.25) is 0 Å². The van der Waals surface area contributed by atoms with Gasteiger partial charge in [0.1, 0.15) is 11.9 Å². The summed E-state index contributed by atoms with van der Waals surface area (Å²) < 4.78 is 6.10. The van der Waals surface area contributed by atoms with E-state index in [9.17, 15) is 19.5 Å². The molecule has 0 spiro atoms. The number of phenols is 1. The maximum absolute atomic E-state index is 12.3. The van der Waals surface area contributed by atoms with E-state index in [1.165, 1.54) is 17.6 Å². The van der Waals surface area contributed by atoms with Crippen LogP contribution in [0.3, 0.4) is 0 Å². The van der Waals surface area contributed by atoms with E-state index in [1.807, 2.05) is 0 Å². The lowest BCUT2D eigenvalue weighted by Crippen LogP contribution is -2.32. The SMILES string of the molecule is O=C(/C=C/CCC[C@@H](OC(=O)NC(=O)c1ccccc1)c1cc(Br)ccc1O)NO. The van der Waals surface area contributed by atoms with Crippen molar-refractivity contribution in [1.29, 1.82) is 0 Å². The number of carbonyl (C=O) groups excluding carboxylic acids is 3. The Kier molecular flexibility index (Phi) is 9.04. The van der Waals surface area contributed by atoms with Gasteiger partial charge in [-0.3, -0.25) is 20.1 Å². The highest BCUT2D eigenvalue weighted by atomic mass is 79.9. The average Bonchev–Trinajstić information content (AvgIpc) is 2.74. The van der Waals surface area contributed by atoms with Crippen molar-refractivity contribution in [3.05, 3.63) is 76.3 Å². The topological polar surface area (TPSA) is 125 Å². The molecule has 0 saturated carbocycles. The van der Waals surface area contributed by atoms with Crippen LogP contribution in [0.25, 0.3) is 0 Å². The van der Waals surface area contributed by atoms with Crippen LogP contribution >= 0.6 is 15.9 Å². The van der Waals surface area contributed by atoms with Gasteiger partial charge in [0, 0.05) is 21.7 Å². The highest BCUT2D eigenvalue weighted by molar-refractivity contribution is 9.10. The van der Waals surface area contributed by atoms with E-state index in [2.05, 4.69) is 21.2 Å². The quantitative estimate of drug-likeness (QED) is 0.197. The van der Waals surface area contributed by atoms with E-state index in [0.717, 1.165) is 0 Å². The predicted molar refractivity (Wildman–Crippen MR) is 112 cm³/mol. The number of amides is 3. The van der Waals surface area contributed by atoms with Gasteiger partial charge in [0.15, 0.2) is 0 Å². The molecule has 2 aromatic carbocycles. The molecule has 4 N–H and O–H groups in total. The lowest BCUT2D eigenvalue weighted by Gasteiger charge is -2.19. The summed E-state index contributed by atoms with van der Waals surface area (Å²) in [5.74, 6) is -1.30. The zero-order chi connectivity index (χ0) is 21.9.